The van der Waals surface area contributed by atoms with Gasteiger partial charge >= 0.3 is 0 Å². The molecule has 0 radical (unpaired) electrons. The molecule has 0 saturated heterocycles. The molecule has 0 spiro atoms. The molecule has 24 heavy (non-hydrogen) atoms. The highest BCUT2D eigenvalue weighted by Crippen LogP contribution is 2.14. The van der Waals surface area contributed by atoms with Crippen molar-refractivity contribution in [3.63, 3.8) is 0 Å². The van der Waals surface area contributed by atoms with Gasteiger partial charge in [-0.15, -0.1) is 11.3 Å². The second-order valence-corrected chi connectivity index (χ2v) is 8.26. The molecule has 0 aliphatic carbocycles. The number of carbonyl (C=O) groups is 1. The van der Waals surface area contributed by atoms with Crippen molar-refractivity contribution in [2.75, 3.05) is 5.32 Å². The Balaban J connectivity index is 1.99. The number of nitrogens with one attached hydrogen (secondary N) is 3. The molecule has 0 fully saturated rings. The fourth-order valence-electron chi connectivity index (χ4n) is 1.83. The van der Waals surface area contributed by atoms with Crippen LogP contribution in [0.25, 0.3) is 0 Å². The number of sulfonamides is 1. The first-order valence-corrected chi connectivity index (χ1v) is 9.83. The van der Waals surface area contributed by atoms with Crippen LogP contribution < -0.4 is 15.4 Å². The minimum absolute atomic E-state index is 0.143. The largest absolute Gasteiger partial charge is 0.332 e. The van der Waals surface area contributed by atoms with E-state index in [9.17, 15) is 13.2 Å². The number of hydrogen-bond acceptors (Lipinski definition) is 5. The minimum Gasteiger partial charge on any atom is -0.332 e. The third-order valence-electron chi connectivity index (χ3n) is 2.79. The summed E-state index contributed by atoms with van der Waals surface area (Å²) < 4.78 is 26.6. The zero-order chi connectivity index (χ0) is 17.7. The van der Waals surface area contributed by atoms with Crippen LogP contribution in [0.1, 0.15) is 23.5 Å². The third-order valence-corrected chi connectivity index (χ3v) is 5.53. The van der Waals surface area contributed by atoms with Gasteiger partial charge in [-0.05, 0) is 61.8 Å². The van der Waals surface area contributed by atoms with E-state index in [1.54, 1.807) is 43.5 Å². The van der Waals surface area contributed by atoms with Crippen molar-refractivity contribution in [3.05, 3.63) is 46.7 Å². The molecule has 0 bridgehead atoms. The lowest BCUT2D eigenvalue weighted by Crippen LogP contribution is -2.33. The smallest absolute Gasteiger partial charge is 0.267 e. The van der Waals surface area contributed by atoms with E-state index in [4.69, 9.17) is 12.2 Å². The Morgan fingerprint density at radius 2 is 1.83 bits per heavy atom. The van der Waals surface area contributed by atoms with E-state index >= 15 is 0 Å². The van der Waals surface area contributed by atoms with Crippen LogP contribution in [0.5, 0.6) is 0 Å². The Hall–Kier alpha value is -1.81. The molecule has 0 atom stereocenters. The van der Waals surface area contributed by atoms with E-state index in [1.165, 1.54) is 23.5 Å². The van der Waals surface area contributed by atoms with Crippen molar-refractivity contribution in [3.8, 4) is 0 Å². The molecule has 1 aromatic heterocycles. The fraction of sp³-hybridized carbons (Fsp3) is 0.200. The Bertz CT molecular complexity index is 813. The van der Waals surface area contributed by atoms with Gasteiger partial charge in [0.25, 0.3) is 5.91 Å². The zero-order valence-electron chi connectivity index (χ0n) is 13.1. The standard InChI is InChI=1S/C15H17N3O3S3/c1-10(2)18-24(20,21)12-7-5-11(6-8-12)16-15(22)17-14(19)13-4-3-9-23-13/h3-10,18H,1-2H3,(H2,16,17,19,22). The van der Waals surface area contributed by atoms with E-state index in [-0.39, 0.29) is 22.0 Å². The fourth-order valence-corrected chi connectivity index (χ4v) is 3.91. The lowest BCUT2D eigenvalue weighted by molar-refractivity contribution is 0.0981. The summed E-state index contributed by atoms with van der Waals surface area (Å²) in [6.07, 6.45) is 0. The molecular formula is C15H17N3O3S3. The first-order chi connectivity index (χ1) is 11.3. The molecule has 0 aliphatic heterocycles. The number of thiophene rings is 1. The highest BCUT2D eigenvalue weighted by Gasteiger charge is 2.15. The minimum atomic E-state index is -3.53. The second kappa shape index (κ2) is 7.84. The van der Waals surface area contributed by atoms with Gasteiger partial charge in [-0.2, -0.15) is 0 Å². The summed E-state index contributed by atoms with van der Waals surface area (Å²) in [5, 5.41) is 7.35. The van der Waals surface area contributed by atoms with Gasteiger partial charge in [0.15, 0.2) is 5.11 Å². The number of amides is 1. The summed E-state index contributed by atoms with van der Waals surface area (Å²) in [7, 11) is -3.53. The third kappa shape index (κ3) is 5.10. The van der Waals surface area contributed by atoms with Crippen LogP contribution >= 0.6 is 23.6 Å². The maximum Gasteiger partial charge on any atom is 0.267 e. The van der Waals surface area contributed by atoms with E-state index < -0.39 is 10.0 Å². The van der Waals surface area contributed by atoms with Gasteiger partial charge in [0.1, 0.15) is 0 Å². The van der Waals surface area contributed by atoms with Crippen LogP contribution in [-0.4, -0.2) is 25.5 Å². The Kier molecular flexibility index (Phi) is 6.05. The van der Waals surface area contributed by atoms with Gasteiger partial charge in [-0.25, -0.2) is 13.1 Å². The predicted molar refractivity (Wildman–Crippen MR) is 99.9 cm³/mol. The number of rotatable bonds is 5. The van der Waals surface area contributed by atoms with Crippen LogP contribution in [0.2, 0.25) is 0 Å². The predicted octanol–water partition coefficient (Wildman–Crippen LogP) is 2.56. The second-order valence-electron chi connectivity index (χ2n) is 5.19. The molecule has 3 N–H and O–H groups in total. The highest BCUT2D eigenvalue weighted by molar-refractivity contribution is 7.89. The molecule has 1 heterocycles. The van der Waals surface area contributed by atoms with Crippen LogP contribution in [0.4, 0.5) is 5.69 Å². The van der Waals surface area contributed by atoms with Crippen molar-refractivity contribution >= 4 is 50.3 Å². The number of hydrogen-bond donors (Lipinski definition) is 3. The molecule has 0 aliphatic rings. The summed E-state index contributed by atoms with van der Waals surface area (Å²) >= 11 is 6.40. The zero-order valence-corrected chi connectivity index (χ0v) is 15.5. The Morgan fingerprint density at radius 3 is 2.38 bits per heavy atom. The average molecular weight is 384 g/mol. The lowest BCUT2D eigenvalue weighted by Gasteiger charge is -2.11. The summed E-state index contributed by atoms with van der Waals surface area (Å²) in [4.78, 5) is 12.6. The van der Waals surface area contributed by atoms with Crippen molar-refractivity contribution < 1.29 is 13.2 Å². The molecule has 6 nitrogen and oxygen atoms in total. The summed E-state index contributed by atoms with van der Waals surface area (Å²) in [6, 6.07) is 9.39. The van der Waals surface area contributed by atoms with Gasteiger partial charge in [-0.3, -0.25) is 10.1 Å². The SMILES string of the molecule is CC(C)NS(=O)(=O)c1ccc(NC(=S)NC(=O)c2cccs2)cc1. The van der Waals surface area contributed by atoms with Crippen molar-refractivity contribution in [1.29, 1.82) is 0 Å². The number of thiocarbonyl (C=S) groups is 1. The normalized spacial score (nSPS) is 11.3. The van der Waals surface area contributed by atoms with E-state index in [0.717, 1.165) is 0 Å². The van der Waals surface area contributed by atoms with E-state index in [0.29, 0.717) is 10.6 Å². The van der Waals surface area contributed by atoms with Gasteiger partial charge in [0.05, 0.1) is 9.77 Å². The van der Waals surface area contributed by atoms with Gasteiger partial charge in [0.2, 0.25) is 10.0 Å². The summed E-state index contributed by atoms with van der Waals surface area (Å²) in [5.74, 6) is -0.289. The molecule has 1 aromatic carbocycles. The number of anilines is 1. The van der Waals surface area contributed by atoms with Crippen LogP contribution in [0.3, 0.4) is 0 Å². The van der Waals surface area contributed by atoms with Gasteiger partial charge in [-0.1, -0.05) is 6.07 Å². The summed E-state index contributed by atoms with van der Waals surface area (Å²) in [6.45, 7) is 3.50. The first kappa shape index (κ1) is 18.5. The molecule has 0 unspecified atom stereocenters. The highest BCUT2D eigenvalue weighted by atomic mass is 32.2. The molecule has 2 aromatic rings. The van der Waals surface area contributed by atoms with Crippen molar-refractivity contribution in [2.24, 2.45) is 0 Å². The van der Waals surface area contributed by atoms with Crippen LogP contribution in [-0.2, 0) is 10.0 Å². The molecule has 9 heteroatoms. The van der Waals surface area contributed by atoms with Gasteiger partial charge < -0.3 is 5.32 Å². The first-order valence-electron chi connectivity index (χ1n) is 7.06. The lowest BCUT2D eigenvalue weighted by atomic mass is 10.3. The van der Waals surface area contributed by atoms with Crippen molar-refractivity contribution in [2.45, 2.75) is 24.8 Å². The quantitative estimate of drug-likeness (QED) is 0.691. The maximum absolute atomic E-state index is 12.0. The van der Waals surface area contributed by atoms with E-state index in [2.05, 4.69) is 15.4 Å². The summed E-state index contributed by atoms with van der Waals surface area (Å²) in [5.41, 5.74) is 0.579. The molecule has 2 rings (SSSR count). The average Bonchev–Trinajstić information content (AvgIpc) is 3.00. The molecular weight excluding hydrogens is 366 g/mol. The van der Waals surface area contributed by atoms with Crippen molar-refractivity contribution in [1.82, 2.24) is 10.0 Å². The van der Waals surface area contributed by atoms with E-state index in [1.807, 2.05) is 0 Å². The molecule has 128 valence electrons. The van der Waals surface area contributed by atoms with Gasteiger partial charge in [0, 0.05) is 11.7 Å². The number of carbonyl (C=O) groups excluding carboxylic acids is 1. The monoisotopic (exact) mass is 383 g/mol. The molecule has 0 saturated carbocycles. The number of benzene rings is 1. The maximum atomic E-state index is 12.0. The van der Waals surface area contributed by atoms with Crippen LogP contribution in [0.15, 0.2) is 46.7 Å². The van der Waals surface area contributed by atoms with Crippen LogP contribution in [0, 0.1) is 0 Å². The topological polar surface area (TPSA) is 87.3 Å². The Labute approximate surface area is 150 Å². The Morgan fingerprint density at radius 1 is 1.17 bits per heavy atom. The molecule has 1 amide bonds.